The maximum absolute atomic E-state index is 4.58. The van der Waals surface area contributed by atoms with Crippen LogP contribution in [0.25, 0.3) is 16.9 Å². The van der Waals surface area contributed by atoms with E-state index in [-0.39, 0.29) is 0 Å². The molecule has 3 aromatic rings. The molecule has 0 N–H and O–H groups in total. The lowest BCUT2D eigenvalue weighted by Crippen LogP contribution is -1.99. The van der Waals surface area contributed by atoms with Crippen LogP contribution in [0.15, 0.2) is 54.9 Å². The lowest BCUT2D eigenvalue weighted by Gasteiger charge is -2.07. The molecule has 0 aliphatic rings. The van der Waals surface area contributed by atoms with E-state index in [1.807, 2.05) is 29.9 Å². The highest BCUT2D eigenvalue weighted by molar-refractivity contribution is 5.61. The molecule has 0 spiro atoms. The van der Waals surface area contributed by atoms with Crippen LogP contribution < -0.4 is 0 Å². The van der Waals surface area contributed by atoms with Gasteiger partial charge in [-0.05, 0) is 44.2 Å². The largest absolute Gasteiger partial charge is 0.264 e. The van der Waals surface area contributed by atoms with Crippen molar-refractivity contribution in [2.45, 2.75) is 13.8 Å². The summed E-state index contributed by atoms with van der Waals surface area (Å²) in [4.78, 5) is 4.18. The van der Waals surface area contributed by atoms with Gasteiger partial charge in [0.1, 0.15) is 0 Å². The van der Waals surface area contributed by atoms with Crippen molar-refractivity contribution in [2.75, 3.05) is 0 Å². The summed E-state index contributed by atoms with van der Waals surface area (Å²) in [6.45, 7) is 4.09. The second-order valence-corrected chi connectivity index (χ2v) is 4.66. The molecule has 0 aliphatic heterocycles. The first-order chi connectivity index (χ1) is 9.24. The van der Waals surface area contributed by atoms with Crippen LogP contribution in [-0.2, 0) is 0 Å². The molecule has 0 fully saturated rings. The predicted molar refractivity (Wildman–Crippen MR) is 76.3 cm³/mol. The number of hydrogen-bond acceptors (Lipinski definition) is 2. The molecule has 0 aliphatic carbocycles. The fraction of sp³-hybridized carbons (Fsp3) is 0.125. The molecule has 3 nitrogen and oxygen atoms in total. The minimum atomic E-state index is 0.999. The van der Waals surface area contributed by atoms with Gasteiger partial charge < -0.3 is 0 Å². The zero-order valence-corrected chi connectivity index (χ0v) is 11.0. The van der Waals surface area contributed by atoms with Crippen molar-refractivity contribution in [3.8, 4) is 16.9 Å². The summed E-state index contributed by atoms with van der Waals surface area (Å²) in [7, 11) is 0. The van der Waals surface area contributed by atoms with Gasteiger partial charge in [0.15, 0.2) is 0 Å². The molecule has 0 atom stereocenters. The molecule has 94 valence electrons. The Morgan fingerprint density at radius 1 is 1.00 bits per heavy atom. The Morgan fingerprint density at radius 3 is 2.47 bits per heavy atom. The molecule has 0 radical (unpaired) electrons. The molecular weight excluding hydrogens is 234 g/mol. The summed E-state index contributed by atoms with van der Waals surface area (Å²) in [5.74, 6) is 0. The highest BCUT2D eigenvalue weighted by atomic mass is 15.3. The van der Waals surface area contributed by atoms with E-state index in [0.29, 0.717) is 0 Å². The Morgan fingerprint density at radius 2 is 1.79 bits per heavy atom. The van der Waals surface area contributed by atoms with Gasteiger partial charge >= 0.3 is 0 Å². The van der Waals surface area contributed by atoms with Gasteiger partial charge in [-0.2, -0.15) is 5.10 Å². The van der Waals surface area contributed by atoms with Crippen LogP contribution >= 0.6 is 0 Å². The van der Waals surface area contributed by atoms with Gasteiger partial charge in [0, 0.05) is 18.0 Å². The molecule has 2 aromatic heterocycles. The second kappa shape index (κ2) is 4.69. The zero-order chi connectivity index (χ0) is 13.2. The van der Waals surface area contributed by atoms with Crippen molar-refractivity contribution < 1.29 is 0 Å². The zero-order valence-electron chi connectivity index (χ0n) is 11.0. The van der Waals surface area contributed by atoms with Gasteiger partial charge in [0.05, 0.1) is 17.1 Å². The SMILES string of the molecule is Cc1ccc(-n2nc(C)cc2-c2cccnc2)cc1. The third-order valence-electron chi connectivity index (χ3n) is 3.07. The number of pyridine rings is 1. The van der Waals surface area contributed by atoms with Crippen molar-refractivity contribution in [1.29, 1.82) is 0 Å². The van der Waals surface area contributed by atoms with Gasteiger partial charge in [0.25, 0.3) is 0 Å². The van der Waals surface area contributed by atoms with Crippen molar-refractivity contribution in [3.63, 3.8) is 0 Å². The average molecular weight is 249 g/mol. The molecule has 0 unspecified atom stereocenters. The van der Waals surface area contributed by atoms with E-state index < -0.39 is 0 Å². The monoisotopic (exact) mass is 249 g/mol. The van der Waals surface area contributed by atoms with Crippen LogP contribution in [0.1, 0.15) is 11.3 Å². The maximum Gasteiger partial charge on any atom is 0.0759 e. The maximum atomic E-state index is 4.58. The van der Waals surface area contributed by atoms with Crippen LogP contribution in [0.2, 0.25) is 0 Å². The number of hydrogen-bond donors (Lipinski definition) is 0. The first-order valence-electron chi connectivity index (χ1n) is 6.28. The third-order valence-corrected chi connectivity index (χ3v) is 3.07. The second-order valence-electron chi connectivity index (χ2n) is 4.66. The Bertz CT molecular complexity index is 682. The fourth-order valence-electron chi connectivity index (χ4n) is 2.10. The Balaban J connectivity index is 2.15. The van der Waals surface area contributed by atoms with E-state index in [2.05, 4.69) is 47.3 Å². The van der Waals surface area contributed by atoms with Gasteiger partial charge in [-0.15, -0.1) is 0 Å². The van der Waals surface area contributed by atoms with E-state index in [0.717, 1.165) is 22.6 Å². The summed E-state index contributed by atoms with van der Waals surface area (Å²) >= 11 is 0. The van der Waals surface area contributed by atoms with E-state index in [9.17, 15) is 0 Å². The van der Waals surface area contributed by atoms with E-state index in [1.54, 1.807) is 6.20 Å². The van der Waals surface area contributed by atoms with Crippen LogP contribution in [0.3, 0.4) is 0 Å². The third kappa shape index (κ3) is 2.27. The van der Waals surface area contributed by atoms with Gasteiger partial charge in [-0.1, -0.05) is 17.7 Å². The topological polar surface area (TPSA) is 30.7 Å². The summed E-state index contributed by atoms with van der Waals surface area (Å²) in [5, 5.41) is 4.58. The number of aryl methyl sites for hydroxylation is 2. The van der Waals surface area contributed by atoms with Gasteiger partial charge in [0.2, 0.25) is 0 Å². The van der Waals surface area contributed by atoms with Crippen LogP contribution in [-0.4, -0.2) is 14.8 Å². The number of benzene rings is 1. The normalized spacial score (nSPS) is 10.6. The van der Waals surface area contributed by atoms with Crippen molar-refractivity contribution in [1.82, 2.24) is 14.8 Å². The van der Waals surface area contributed by atoms with Crippen molar-refractivity contribution in [2.24, 2.45) is 0 Å². The first kappa shape index (κ1) is 11.7. The smallest absolute Gasteiger partial charge is 0.0759 e. The summed E-state index contributed by atoms with van der Waals surface area (Å²) < 4.78 is 1.96. The molecule has 3 heteroatoms. The Hall–Kier alpha value is -2.42. The first-order valence-corrected chi connectivity index (χ1v) is 6.28. The summed E-state index contributed by atoms with van der Waals surface area (Å²) in [6.07, 6.45) is 3.64. The van der Waals surface area contributed by atoms with Crippen LogP contribution in [0.4, 0.5) is 0 Å². The van der Waals surface area contributed by atoms with Gasteiger partial charge in [-0.3, -0.25) is 4.98 Å². The molecule has 3 rings (SSSR count). The quantitative estimate of drug-likeness (QED) is 0.695. The van der Waals surface area contributed by atoms with E-state index in [4.69, 9.17) is 0 Å². The molecule has 0 saturated carbocycles. The van der Waals surface area contributed by atoms with Crippen molar-refractivity contribution >= 4 is 0 Å². The van der Waals surface area contributed by atoms with Gasteiger partial charge in [-0.25, -0.2) is 4.68 Å². The molecule has 1 aromatic carbocycles. The lowest BCUT2D eigenvalue weighted by atomic mass is 10.2. The van der Waals surface area contributed by atoms with Crippen molar-refractivity contribution in [3.05, 3.63) is 66.1 Å². The Kier molecular flexibility index (Phi) is 2.88. The predicted octanol–water partition coefficient (Wildman–Crippen LogP) is 3.55. The number of rotatable bonds is 2. The highest BCUT2D eigenvalue weighted by Gasteiger charge is 2.09. The van der Waals surface area contributed by atoms with E-state index in [1.165, 1.54) is 5.56 Å². The highest BCUT2D eigenvalue weighted by Crippen LogP contribution is 2.23. The van der Waals surface area contributed by atoms with E-state index >= 15 is 0 Å². The molecule has 0 saturated heterocycles. The molecular formula is C16H15N3. The lowest BCUT2D eigenvalue weighted by molar-refractivity contribution is 0.868. The number of nitrogens with zero attached hydrogens (tertiary/aromatic N) is 3. The minimum absolute atomic E-state index is 0.999. The molecule has 2 heterocycles. The standard InChI is InChI=1S/C16H15N3/c1-12-5-7-15(8-6-12)19-16(10-13(2)18-19)14-4-3-9-17-11-14/h3-11H,1-2H3. The van der Waals surface area contributed by atoms with Crippen LogP contribution in [0.5, 0.6) is 0 Å². The molecule has 0 amide bonds. The number of aromatic nitrogens is 3. The minimum Gasteiger partial charge on any atom is -0.264 e. The molecule has 0 bridgehead atoms. The fourth-order valence-corrected chi connectivity index (χ4v) is 2.10. The Labute approximate surface area is 112 Å². The summed E-state index contributed by atoms with van der Waals surface area (Å²) in [6, 6.07) is 14.4. The van der Waals surface area contributed by atoms with Crippen LogP contribution in [0, 0.1) is 13.8 Å². The summed E-state index contributed by atoms with van der Waals surface area (Å²) in [5.41, 5.74) is 5.45. The molecule has 19 heavy (non-hydrogen) atoms. The average Bonchev–Trinajstić information content (AvgIpc) is 2.83.